The maximum Gasteiger partial charge on any atom is 0.305 e. The lowest BCUT2D eigenvalue weighted by molar-refractivity contribution is -2.00. The van der Waals surface area contributed by atoms with Crippen LogP contribution in [0, 0.1) is 15.7 Å². The number of nitrogens with one attached hydrogen (secondary N) is 1. The van der Waals surface area contributed by atoms with Gasteiger partial charge >= 0.3 is 5.97 Å². The third-order valence-corrected chi connectivity index (χ3v) is 6.60. The Labute approximate surface area is 189 Å². The van der Waals surface area contributed by atoms with E-state index in [9.17, 15) is 4.79 Å². The zero-order valence-electron chi connectivity index (χ0n) is 18.6. The molecule has 0 fully saturated rings. The van der Waals surface area contributed by atoms with Crippen molar-refractivity contribution >= 4 is 22.6 Å². The summed E-state index contributed by atoms with van der Waals surface area (Å²) in [5, 5.41) is 1.29. The molecule has 4 rings (SSSR count). The van der Waals surface area contributed by atoms with Crippen molar-refractivity contribution in [2.45, 2.75) is 45.4 Å². The molecule has 1 atom stereocenters. The number of hydrogen-bond acceptors (Lipinski definition) is 7. The van der Waals surface area contributed by atoms with E-state index < -0.39 is 10.2 Å². The third-order valence-electron chi connectivity index (χ3n) is 6.60. The number of methoxy groups -OCH3 is 2. The van der Waals surface area contributed by atoms with Crippen molar-refractivity contribution in [2.24, 2.45) is 5.41 Å². The first-order valence-corrected chi connectivity index (χ1v) is 11.8. The fourth-order valence-electron chi connectivity index (χ4n) is 5.10. The van der Waals surface area contributed by atoms with Crippen LogP contribution in [-0.2, 0) is 16.0 Å². The van der Waals surface area contributed by atoms with Gasteiger partial charge in [-0.3, -0.25) is 4.79 Å². The number of carbonyl (C=O) groups is 1. The molecular weight excluding hydrogens is 440 g/mol. The number of hydrogen-bond donors (Lipinski definition) is 1. The Balaban J connectivity index is 0.000000523. The van der Waals surface area contributed by atoms with Crippen molar-refractivity contribution in [1.82, 2.24) is 4.98 Å². The van der Waals surface area contributed by atoms with E-state index in [1.807, 2.05) is 6.07 Å². The number of aromatic amines is 1. The SMILES string of the molecule is CCC1(CCC(=O)OC)CCC[N+]2=C1c1[nH]c3cc(OC)ccc3c1CC2.[O-][Cl+3]([O-])([O-])[O-]. The average molecular weight is 469 g/mol. The predicted octanol–water partition coefficient (Wildman–Crippen LogP) is -1.08. The van der Waals surface area contributed by atoms with Crippen molar-refractivity contribution in [3.63, 3.8) is 0 Å². The van der Waals surface area contributed by atoms with Crippen LogP contribution >= 0.6 is 0 Å². The van der Waals surface area contributed by atoms with Crippen LogP contribution in [0.4, 0.5) is 0 Å². The number of esters is 1. The number of aromatic nitrogens is 1. The minimum absolute atomic E-state index is 0.0343. The molecule has 10 heteroatoms. The van der Waals surface area contributed by atoms with Gasteiger partial charge in [-0.05, 0) is 37.0 Å². The number of fused-ring (bicyclic) bond motifs is 4. The van der Waals surface area contributed by atoms with Crippen molar-refractivity contribution in [3.8, 4) is 5.75 Å². The Morgan fingerprint density at radius 2 is 1.94 bits per heavy atom. The number of carbonyl (C=O) groups excluding carboxylic acids is 1. The Hall–Kier alpha value is -2.17. The number of rotatable bonds is 5. The standard InChI is InChI=1S/C22H28N2O3.ClHO4/c1-4-22(11-8-19(25)27-3)10-5-12-24-13-9-17-16-7-6-15(26-2)14-18(16)23-20(17)21(22)24;2-1(3,4)5/h6-7,14H,4-5,8-13H2,1-3H3;(H,2,3,4,5). The van der Waals surface area contributed by atoms with Gasteiger partial charge in [0.15, 0.2) is 0 Å². The Bertz CT molecular complexity index is 1010. The second-order valence-electron chi connectivity index (χ2n) is 8.17. The fraction of sp³-hybridized carbons (Fsp3) is 0.545. The molecule has 0 saturated carbocycles. The van der Waals surface area contributed by atoms with Gasteiger partial charge in [0, 0.05) is 36.2 Å². The van der Waals surface area contributed by atoms with Gasteiger partial charge in [-0.15, -0.1) is 10.2 Å². The lowest BCUT2D eigenvalue weighted by Gasteiger charge is -2.37. The first-order valence-electron chi connectivity index (χ1n) is 10.6. The summed E-state index contributed by atoms with van der Waals surface area (Å²) in [4.78, 5) is 15.6. The second-order valence-corrected chi connectivity index (χ2v) is 8.92. The van der Waals surface area contributed by atoms with E-state index >= 15 is 0 Å². The van der Waals surface area contributed by atoms with Crippen LogP contribution in [0.2, 0.25) is 0 Å². The van der Waals surface area contributed by atoms with Crippen LogP contribution in [0.5, 0.6) is 5.75 Å². The molecule has 0 aliphatic carbocycles. The summed E-state index contributed by atoms with van der Waals surface area (Å²) in [7, 11) is -1.76. The van der Waals surface area contributed by atoms with Crippen LogP contribution in [0.25, 0.3) is 10.9 Å². The van der Waals surface area contributed by atoms with E-state index in [0.29, 0.717) is 6.42 Å². The Kier molecular flexibility index (Phi) is 7.46. The lowest BCUT2D eigenvalue weighted by Crippen LogP contribution is -2.68. The molecule has 0 amide bonds. The highest BCUT2D eigenvalue weighted by Crippen LogP contribution is 2.43. The molecule has 0 saturated heterocycles. The summed E-state index contributed by atoms with van der Waals surface area (Å²) in [6.45, 7) is 4.42. The van der Waals surface area contributed by atoms with Gasteiger partial charge in [-0.25, -0.2) is 23.2 Å². The summed E-state index contributed by atoms with van der Waals surface area (Å²) in [5.74, 6) is 0.761. The summed E-state index contributed by atoms with van der Waals surface area (Å²) in [6.07, 6.45) is 5.73. The van der Waals surface area contributed by atoms with E-state index in [1.54, 1.807) is 7.11 Å². The minimum Gasteiger partial charge on any atom is -0.497 e. The largest absolute Gasteiger partial charge is 0.497 e. The smallest absolute Gasteiger partial charge is 0.305 e. The minimum atomic E-state index is -4.94. The highest BCUT2D eigenvalue weighted by molar-refractivity contribution is 6.06. The monoisotopic (exact) mass is 468 g/mol. The molecule has 1 aromatic heterocycles. The molecule has 2 aromatic rings. The summed E-state index contributed by atoms with van der Waals surface area (Å²) < 4.78 is 46.9. The quantitative estimate of drug-likeness (QED) is 0.433. The average Bonchev–Trinajstić information content (AvgIpc) is 3.13. The van der Waals surface area contributed by atoms with E-state index in [2.05, 4.69) is 28.6 Å². The number of halogens is 1. The zero-order chi connectivity index (χ0) is 23.5. The number of benzene rings is 1. The highest BCUT2D eigenvalue weighted by atomic mass is 35.7. The first-order chi connectivity index (χ1) is 15.1. The van der Waals surface area contributed by atoms with Crippen LogP contribution in [0.1, 0.15) is 50.3 Å². The molecular formula is C22H29ClN2O7. The predicted molar refractivity (Wildman–Crippen MR) is 106 cm³/mol. The van der Waals surface area contributed by atoms with E-state index in [-0.39, 0.29) is 11.4 Å². The van der Waals surface area contributed by atoms with Crippen LogP contribution in [0.3, 0.4) is 0 Å². The molecule has 2 aliphatic rings. The van der Waals surface area contributed by atoms with E-state index in [0.717, 1.165) is 50.0 Å². The maximum atomic E-state index is 11.9. The van der Waals surface area contributed by atoms with Crippen molar-refractivity contribution in [2.75, 3.05) is 27.3 Å². The maximum absolute atomic E-state index is 11.9. The van der Waals surface area contributed by atoms with Gasteiger partial charge in [-0.2, -0.15) is 0 Å². The van der Waals surface area contributed by atoms with Gasteiger partial charge in [-0.1, -0.05) is 6.92 Å². The van der Waals surface area contributed by atoms with Crippen LogP contribution in [-0.4, -0.2) is 48.5 Å². The number of ether oxygens (including phenoxy) is 2. The Morgan fingerprint density at radius 1 is 1.22 bits per heavy atom. The Morgan fingerprint density at radius 3 is 2.56 bits per heavy atom. The van der Waals surface area contributed by atoms with Gasteiger partial charge in [0.1, 0.15) is 24.5 Å². The molecule has 0 radical (unpaired) electrons. The summed E-state index contributed by atoms with van der Waals surface area (Å²) >= 11 is 0. The second kappa shape index (κ2) is 9.76. The van der Waals surface area contributed by atoms with Crippen molar-refractivity contribution in [3.05, 3.63) is 29.5 Å². The number of nitrogens with zero attached hydrogens (tertiary/aromatic N) is 1. The number of H-pyrrole nitrogens is 1. The molecule has 1 aromatic carbocycles. The fourth-order valence-corrected chi connectivity index (χ4v) is 5.10. The highest BCUT2D eigenvalue weighted by Gasteiger charge is 2.47. The van der Waals surface area contributed by atoms with Crippen molar-refractivity contribution in [1.29, 1.82) is 0 Å². The van der Waals surface area contributed by atoms with E-state index in [1.165, 1.54) is 35.9 Å². The van der Waals surface area contributed by atoms with Crippen LogP contribution < -0.4 is 23.4 Å². The molecule has 176 valence electrons. The lowest BCUT2D eigenvalue weighted by atomic mass is 9.68. The molecule has 1 N–H and O–H groups in total. The third kappa shape index (κ3) is 5.24. The molecule has 0 spiro atoms. The van der Waals surface area contributed by atoms with E-state index in [4.69, 9.17) is 28.1 Å². The normalized spacial score (nSPS) is 20.2. The molecule has 3 heterocycles. The summed E-state index contributed by atoms with van der Waals surface area (Å²) in [6, 6.07) is 6.30. The van der Waals surface area contributed by atoms with Crippen molar-refractivity contribution < 1.29 is 47.7 Å². The van der Waals surface area contributed by atoms with Gasteiger partial charge in [0.2, 0.25) is 5.71 Å². The zero-order valence-corrected chi connectivity index (χ0v) is 19.3. The molecule has 2 aliphatic heterocycles. The molecule has 1 unspecified atom stereocenters. The van der Waals surface area contributed by atoms with Crippen LogP contribution in [0.15, 0.2) is 18.2 Å². The molecule has 32 heavy (non-hydrogen) atoms. The molecule has 9 nitrogen and oxygen atoms in total. The van der Waals surface area contributed by atoms with Gasteiger partial charge < -0.3 is 14.5 Å². The topological polar surface area (TPSA) is 147 Å². The van der Waals surface area contributed by atoms with Gasteiger partial charge in [0.05, 0.1) is 19.6 Å². The first kappa shape index (κ1) is 24.5. The summed E-state index contributed by atoms with van der Waals surface area (Å²) in [5.41, 5.74) is 5.27. The molecule has 0 bridgehead atoms. The van der Waals surface area contributed by atoms with Gasteiger partial charge in [0.25, 0.3) is 0 Å².